The van der Waals surface area contributed by atoms with E-state index in [1.54, 1.807) is 0 Å². The Balaban J connectivity index is 1.73. The van der Waals surface area contributed by atoms with Crippen LogP contribution in [0, 0.1) is 5.92 Å². The van der Waals surface area contributed by atoms with Gasteiger partial charge < -0.3 is 9.88 Å². The van der Waals surface area contributed by atoms with Gasteiger partial charge in [-0.05, 0) is 18.1 Å². The summed E-state index contributed by atoms with van der Waals surface area (Å²) >= 11 is 1.41. The number of amides is 1. The molecular weight excluding hydrogens is 344 g/mol. The van der Waals surface area contributed by atoms with Crippen LogP contribution in [0.4, 0.5) is 5.69 Å². The first-order chi connectivity index (χ1) is 12.6. The van der Waals surface area contributed by atoms with Crippen LogP contribution in [0.15, 0.2) is 65.8 Å². The lowest BCUT2D eigenvalue weighted by Crippen LogP contribution is -2.15. The number of anilines is 1. The summed E-state index contributed by atoms with van der Waals surface area (Å²) in [6, 6.07) is 19.5. The van der Waals surface area contributed by atoms with Crippen molar-refractivity contribution in [1.82, 2.24) is 14.8 Å². The van der Waals surface area contributed by atoms with Crippen molar-refractivity contribution in [3.8, 4) is 11.4 Å². The Morgan fingerprint density at radius 3 is 2.35 bits per heavy atom. The van der Waals surface area contributed by atoms with Gasteiger partial charge in [-0.15, -0.1) is 10.2 Å². The van der Waals surface area contributed by atoms with E-state index in [2.05, 4.69) is 33.9 Å². The average molecular weight is 366 g/mol. The molecule has 0 saturated carbocycles. The maximum atomic E-state index is 12.2. The molecule has 0 aliphatic rings. The van der Waals surface area contributed by atoms with Crippen LogP contribution in [0.25, 0.3) is 11.4 Å². The second-order valence-corrected chi connectivity index (χ2v) is 7.32. The SMILES string of the molecule is CC(C)Cn1c(SCC(=O)Nc2ccccc2)nnc1-c1ccccc1. The molecule has 3 aromatic rings. The maximum Gasteiger partial charge on any atom is 0.234 e. The number of carbonyl (C=O) groups excluding carboxylic acids is 1. The molecule has 0 aliphatic carbocycles. The number of carbonyl (C=O) groups is 1. The molecule has 1 heterocycles. The van der Waals surface area contributed by atoms with Gasteiger partial charge >= 0.3 is 0 Å². The zero-order valence-corrected chi connectivity index (χ0v) is 15.7. The highest BCUT2D eigenvalue weighted by atomic mass is 32.2. The summed E-state index contributed by atoms with van der Waals surface area (Å²) in [5.41, 5.74) is 1.83. The fraction of sp³-hybridized carbons (Fsp3) is 0.250. The van der Waals surface area contributed by atoms with Crippen molar-refractivity contribution < 1.29 is 4.79 Å². The van der Waals surface area contributed by atoms with Gasteiger partial charge in [0.1, 0.15) is 0 Å². The van der Waals surface area contributed by atoms with Gasteiger partial charge in [0.05, 0.1) is 5.75 Å². The van der Waals surface area contributed by atoms with E-state index in [0.29, 0.717) is 11.7 Å². The number of nitrogens with zero attached hydrogens (tertiary/aromatic N) is 3. The third kappa shape index (κ3) is 4.73. The monoisotopic (exact) mass is 366 g/mol. The predicted molar refractivity (Wildman–Crippen MR) is 106 cm³/mol. The first-order valence-electron chi connectivity index (χ1n) is 8.60. The van der Waals surface area contributed by atoms with Crippen LogP contribution >= 0.6 is 11.8 Å². The summed E-state index contributed by atoms with van der Waals surface area (Å²) in [5, 5.41) is 12.3. The minimum atomic E-state index is -0.0541. The molecule has 1 N–H and O–H groups in total. The lowest BCUT2D eigenvalue weighted by molar-refractivity contribution is -0.113. The summed E-state index contributed by atoms with van der Waals surface area (Å²) < 4.78 is 2.10. The molecule has 0 radical (unpaired) electrons. The van der Waals surface area contributed by atoms with Crippen LogP contribution in [0.1, 0.15) is 13.8 Å². The average Bonchev–Trinajstić information content (AvgIpc) is 3.03. The van der Waals surface area contributed by atoms with Gasteiger partial charge in [0, 0.05) is 17.8 Å². The summed E-state index contributed by atoms with van der Waals surface area (Å²) in [5.74, 6) is 1.53. The number of para-hydroxylation sites is 1. The third-order valence-electron chi connectivity index (χ3n) is 3.69. The first kappa shape index (κ1) is 18.2. The standard InChI is InChI=1S/C20H22N4OS/c1-15(2)13-24-19(16-9-5-3-6-10-16)22-23-20(24)26-14-18(25)21-17-11-7-4-8-12-17/h3-12,15H,13-14H2,1-2H3,(H,21,25). The van der Waals surface area contributed by atoms with Gasteiger partial charge in [-0.2, -0.15) is 0 Å². The molecule has 0 atom stereocenters. The Kier molecular flexibility index (Phi) is 6.07. The predicted octanol–water partition coefficient (Wildman–Crippen LogP) is 4.33. The fourth-order valence-electron chi connectivity index (χ4n) is 2.57. The van der Waals surface area contributed by atoms with Crippen LogP contribution in [0.5, 0.6) is 0 Å². The van der Waals surface area contributed by atoms with E-state index in [1.807, 2.05) is 60.7 Å². The van der Waals surface area contributed by atoms with Crippen molar-refractivity contribution in [3.63, 3.8) is 0 Å². The molecule has 0 spiro atoms. The molecule has 0 fully saturated rings. The van der Waals surface area contributed by atoms with Crippen molar-refractivity contribution in [2.45, 2.75) is 25.5 Å². The zero-order valence-electron chi connectivity index (χ0n) is 14.9. The van der Waals surface area contributed by atoms with Crippen LogP contribution in [-0.2, 0) is 11.3 Å². The number of nitrogens with one attached hydrogen (secondary N) is 1. The molecule has 26 heavy (non-hydrogen) atoms. The number of hydrogen-bond donors (Lipinski definition) is 1. The fourth-order valence-corrected chi connectivity index (χ4v) is 3.32. The normalized spacial score (nSPS) is 10.9. The highest BCUT2D eigenvalue weighted by Gasteiger charge is 2.16. The number of hydrogen-bond acceptors (Lipinski definition) is 4. The third-order valence-corrected chi connectivity index (χ3v) is 4.65. The summed E-state index contributed by atoms with van der Waals surface area (Å²) in [7, 11) is 0. The Labute approximate surface area is 157 Å². The largest absolute Gasteiger partial charge is 0.325 e. The molecule has 1 amide bonds. The van der Waals surface area contributed by atoms with Gasteiger partial charge in [0.15, 0.2) is 11.0 Å². The molecule has 0 bridgehead atoms. The van der Waals surface area contributed by atoms with Gasteiger partial charge in [-0.25, -0.2) is 0 Å². The van der Waals surface area contributed by atoms with Crippen molar-refractivity contribution in [1.29, 1.82) is 0 Å². The van der Waals surface area contributed by atoms with E-state index in [9.17, 15) is 4.79 Å². The molecule has 0 aliphatic heterocycles. The number of thioether (sulfide) groups is 1. The maximum absolute atomic E-state index is 12.2. The highest BCUT2D eigenvalue weighted by Crippen LogP contribution is 2.25. The van der Waals surface area contributed by atoms with Crippen LogP contribution < -0.4 is 5.32 Å². The van der Waals surface area contributed by atoms with E-state index in [0.717, 1.165) is 28.8 Å². The second-order valence-electron chi connectivity index (χ2n) is 6.38. The second kappa shape index (κ2) is 8.67. The summed E-state index contributed by atoms with van der Waals surface area (Å²) in [6.45, 7) is 5.12. The van der Waals surface area contributed by atoms with Crippen molar-refractivity contribution in [2.24, 2.45) is 5.92 Å². The lowest BCUT2D eigenvalue weighted by Gasteiger charge is -2.12. The Morgan fingerprint density at radius 2 is 1.69 bits per heavy atom. The van der Waals surface area contributed by atoms with Crippen LogP contribution in [0.2, 0.25) is 0 Å². The number of benzene rings is 2. The topological polar surface area (TPSA) is 59.8 Å². The Morgan fingerprint density at radius 1 is 1.04 bits per heavy atom. The smallest absolute Gasteiger partial charge is 0.234 e. The van der Waals surface area contributed by atoms with Gasteiger partial charge in [-0.1, -0.05) is 74.1 Å². The van der Waals surface area contributed by atoms with E-state index >= 15 is 0 Å². The summed E-state index contributed by atoms with van der Waals surface area (Å²) in [4.78, 5) is 12.2. The first-order valence-corrected chi connectivity index (χ1v) is 9.58. The molecule has 5 nitrogen and oxygen atoms in total. The van der Waals surface area contributed by atoms with Crippen LogP contribution in [0.3, 0.4) is 0 Å². The molecule has 134 valence electrons. The molecule has 3 rings (SSSR count). The Bertz CT molecular complexity index is 847. The minimum Gasteiger partial charge on any atom is -0.325 e. The van der Waals surface area contributed by atoms with Crippen LogP contribution in [-0.4, -0.2) is 26.4 Å². The quantitative estimate of drug-likeness (QED) is 0.632. The number of aromatic nitrogens is 3. The van der Waals surface area contributed by atoms with Crippen molar-refractivity contribution in [2.75, 3.05) is 11.1 Å². The van der Waals surface area contributed by atoms with E-state index in [-0.39, 0.29) is 5.91 Å². The van der Waals surface area contributed by atoms with E-state index in [1.165, 1.54) is 11.8 Å². The summed E-state index contributed by atoms with van der Waals surface area (Å²) in [6.07, 6.45) is 0. The van der Waals surface area contributed by atoms with Gasteiger partial charge in [0.2, 0.25) is 5.91 Å². The van der Waals surface area contributed by atoms with E-state index < -0.39 is 0 Å². The van der Waals surface area contributed by atoms with Gasteiger partial charge in [0.25, 0.3) is 0 Å². The van der Waals surface area contributed by atoms with E-state index in [4.69, 9.17) is 0 Å². The molecule has 6 heteroatoms. The highest BCUT2D eigenvalue weighted by molar-refractivity contribution is 7.99. The molecular formula is C20H22N4OS. The Hall–Kier alpha value is -2.60. The van der Waals surface area contributed by atoms with Crippen molar-refractivity contribution >= 4 is 23.4 Å². The molecule has 1 aromatic heterocycles. The minimum absolute atomic E-state index is 0.0541. The van der Waals surface area contributed by atoms with Gasteiger partial charge in [-0.3, -0.25) is 4.79 Å². The lowest BCUT2D eigenvalue weighted by atomic mass is 10.2. The molecule has 0 saturated heterocycles. The molecule has 0 unspecified atom stereocenters. The van der Waals surface area contributed by atoms with Crippen molar-refractivity contribution in [3.05, 3.63) is 60.7 Å². The number of rotatable bonds is 7. The molecule has 2 aromatic carbocycles. The zero-order chi connectivity index (χ0) is 18.4.